The highest BCUT2D eigenvalue weighted by Crippen LogP contribution is 1.83. The van der Waals surface area contributed by atoms with Gasteiger partial charge in [0.1, 0.15) is 0 Å². The molecule has 0 unspecified atom stereocenters. The van der Waals surface area contributed by atoms with E-state index in [4.69, 9.17) is 11.0 Å². The average molecular weight is 139 g/mol. The number of nitrogens with two attached hydrogens (primary N) is 1. The largest absolute Gasteiger partial charge is 0.404 e. The summed E-state index contributed by atoms with van der Waals surface area (Å²) in [7, 11) is 0. The lowest BCUT2D eigenvalue weighted by molar-refractivity contribution is -0.118. The predicted octanol–water partition coefficient (Wildman–Crippen LogP) is -0.511. The molecule has 0 fully saturated rings. The van der Waals surface area contributed by atoms with Gasteiger partial charge >= 0.3 is 0 Å². The molecule has 4 heteroatoms. The minimum Gasteiger partial charge on any atom is -0.404 e. The monoisotopic (exact) mass is 139 g/mol. The van der Waals surface area contributed by atoms with E-state index in [-0.39, 0.29) is 12.5 Å². The van der Waals surface area contributed by atoms with Crippen LogP contribution < -0.4 is 11.1 Å². The average Bonchev–Trinajstić information content (AvgIpc) is 1.90. The predicted molar refractivity (Wildman–Crippen MR) is 36.6 cm³/mol. The molecule has 10 heavy (non-hydrogen) atoms. The smallest absolute Gasteiger partial charge is 0.217 e. The lowest BCUT2D eigenvalue weighted by atomic mass is 10.3. The summed E-state index contributed by atoms with van der Waals surface area (Å²) < 4.78 is 0. The number of nitriles is 1. The summed E-state index contributed by atoms with van der Waals surface area (Å²) in [6.07, 6.45) is 1.18. The number of carbonyl (C=O) groups is 1. The Bertz CT molecular complexity index is 190. The summed E-state index contributed by atoms with van der Waals surface area (Å²) >= 11 is 0. The number of nitrogens with zero attached hydrogens (tertiary/aromatic N) is 1. The van der Waals surface area contributed by atoms with Crippen molar-refractivity contribution in [1.82, 2.24) is 5.32 Å². The Hall–Kier alpha value is -1.50. The van der Waals surface area contributed by atoms with Gasteiger partial charge in [0.05, 0.1) is 18.2 Å². The molecule has 0 radical (unpaired) electrons. The van der Waals surface area contributed by atoms with Crippen molar-refractivity contribution in [3.8, 4) is 6.07 Å². The third kappa shape index (κ3) is 3.50. The molecular formula is C6H9N3O. The van der Waals surface area contributed by atoms with Crippen molar-refractivity contribution in [2.75, 3.05) is 6.54 Å². The molecule has 0 aliphatic carbocycles. The molecule has 0 aromatic carbocycles. The van der Waals surface area contributed by atoms with E-state index < -0.39 is 0 Å². The van der Waals surface area contributed by atoms with Crippen molar-refractivity contribution in [2.45, 2.75) is 6.92 Å². The number of carbonyl (C=O) groups excluding carboxylic acids is 1. The van der Waals surface area contributed by atoms with Crippen LogP contribution in [0.4, 0.5) is 0 Å². The van der Waals surface area contributed by atoms with E-state index >= 15 is 0 Å². The molecule has 3 N–H and O–H groups in total. The van der Waals surface area contributed by atoms with Crippen LogP contribution in [0, 0.1) is 11.3 Å². The van der Waals surface area contributed by atoms with E-state index in [9.17, 15) is 4.79 Å². The number of hydrogen-bond donors (Lipinski definition) is 2. The minimum atomic E-state index is -0.172. The van der Waals surface area contributed by atoms with Crippen LogP contribution in [-0.2, 0) is 4.79 Å². The zero-order chi connectivity index (χ0) is 7.98. The molecule has 0 saturated carbocycles. The maximum Gasteiger partial charge on any atom is 0.217 e. The maximum absolute atomic E-state index is 10.3. The van der Waals surface area contributed by atoms with Gasteiger partial charge in [-0.15, -0.1) is 0 Å². The highest BCUT2D eigenvalue weighted by atomic mass is 16.1. The molecule has 54 valence electrons. The second-order valence-corrected chi connectivity index (χ2v) is 1.71. The molecular weight excluding hydrogens is 130 g/mol. The summed E-state index contributed by atoms with van der Waals surface area (Å²) in [6, 6.07) is 1.83. The van der Waals surface area contributed by atoms with Crippen LogP contribution in [0.2, 0.25) is 0 Å². The second kappa shape index (κ2) is 4.39. The number of rotatable bonds is 2. The first-order valence-corrected chi connectivity index (χ1v) is 2.76. The molecule has 0 aromatic rings. The van der Waals surface area contributed by atoms with Gasteiger partial charge in [0, 0.05) is 13.1 Å². The van der Waals surface area contributed by atoms with Crippen molar-refractivity contribution < 1.29 is 4.79 Å². The number of nitrogens with one attached hydrogen (secondary N) is 1. The Labute approximate surface area is 59.3 Å². The SMILES string of the molecule is CC(=O)NC/C(C#N)=C\N. The van der Waals surface area contributed by atoms with Crippen molar-refractivity contribution >= 4 is 5.91 Å². The Morgan fingerprint density at radius 1 is 1.90 bits per heavy atom. The minimum absolute atomic E-state index is 0.172. The van der Waals surface area contributed by atoms with Crippen LogP contribution in [-0.4, -0.2) is 12.5 Å². The van der Waals surface area contributed by atoms with Gasteiger partial charge in [0.15, 0.2) is 0 Å². The second-order valence-electron chi connectivity index (χ2n) is 1.71. The van der Waals surface area contributed by atoms with Gasteiger partial charge in [-0.1, -0.05) is 0 Å². The van der Waals surface area contributed by atoms with Gasteiger partial charge in [-0.25, -0.2) is 0 Å². The van der Waals surface area contributed by atoms with E-state index in [0.29, 0.717) is 5.57 Å². The Morgan fingerprint density at radius 2 is 2.50 bits per heavy atom. The molecule has 0 spiro atoms. The fraction of sp³-hybridized carbons (Fsp3) is 0.333. The molecule has 4 nitrogen and oxygen atoms in total. The first-order valence-electron chi connectivity index (χ1n) is 2.76. The van der Waals surface area contributed by atoms with E-state index in [2.05, 4.69) is 5.32 Å². The molecule has 0 bridgehead atoms. The van der Waals surface area contributed by atoms with Crippen molar-refractivity contribution in [3.63, 3.8) is 0 Å². The molecule has 1 amide bonds. The van der Waals surface area contributed by atoms with Crippen LogP contribution in [0.5, 0.6) is 0 Å². The van der Waals surface area contributed by atoms with Gasteiger partial charge in [0.25, 0.3) is 0 Å². The summed E-state index contributed by atoms with van der Waals surface area (Å²) in [6.45, 7) is 1.59. The normalized spacial score (nSPS) is 10.2. The van der Waals surface area contributed by atoms with Crippen LogP contribution in [0.15, 0.2) is 11.8 Å². The van der Waals surface area contributed by atoms with Crippen molar-refractivity contribution in [2.24, 2.45) is 5.73 Å². The zero-order valence-electron chi connectivity index (χ0n) is 5.72. The molecule has 0 saturated heterocycles. The summed E-state index contributed by atoms with van der Waals surface area (Å²) in [5.74, 6) is -0.172. The van der Waals surface area contributed by atoms with Crippen LogP contribution in [0.25, 0.3) is 0 Å². The topological polar surface area (TPSA) is 78.9 Å². The number of hydrogen-bond acceptors (Lipinski definition) is 3. The van der Waals surface area contributed by atoms with E-state index in [1.165, 1.54) is 13.1 Å². The quantitative estimate of drug-likeness (QED) is 0.505. The molecule has 0 rings (SSSR count). The summed E-state index contributed by atoms with van der Waals surface area (Å²) in [5, 5.41) is 10.7. The third-order valence-corrected chi connectivity index (χ3v) is 0.873. The number of amides is 1. The summed E-state index contributed by atoms with van der Waals surface area (Å²) in [4.78, 5) is 10.3. The molecule has 0 aromatic heterocycles. The molecule has 0 atom stereocenters. The lowest BCUT2D eigenvalue weighted by Gasteiger charge is -1.96. The Kier molecular flexibility index (Phi) is 3.73. The fourth-order valence-electron chi connectivity index (χ4n) is 0.355. The summed E-state index contributed by atoms with van der Waals surface area (Å²) in [5.41, 5.74) is 5.39. The molecule has 0 aliphatic heterocycles. The van der Waals surface area contributed by atoms with Gasteiger partial charge in [-0.3, -0.25) is 4.79 Å². The van der Waals surface area contributed by atoms with Crippen LogP contribution >= 0.6 is 0 Å². The molecule has 0 heterocycles. The van der Waals surface area contributed by atoms with Crippen LogP contribution in [0.3, 0.4) is 0 Å². The fourth-order valence-corrected chi connectivity index (χ4v) is 0.355. The van der Waals surface area contributed by atoms with Crippen molar-refractivity contribution in [3.05, 3.63) is 11.8 Å². The Morgan fingerprint density at radius 3 is 2.80 bits per heavy atom. The standard InChI is InChI=1S/C6H9N3O/c1-5(10)9-4-6(2-7)3-8/h2H,4,7H2,1H3,(H,9,10)/b6-2-. The van der Waals surface area contributed by atoms with Crippen molar-refractivity contribution in [1.29, 1.82) is 5.26 Å². The maximum atomic E-state index is 10.3. The zero-order valence-corrected chi connectivity index (χ0v) is 5.72. The van der Waals surface area contributed by atoms with Gasteiger partial charge in [-0.2, -0.15) is 5.26 Å². The first-order chi connectivity index (χ1) is 4.70. The van der Waals surface area contributed by atoms with E-state index in [1.807, 2.05) is 6.07 Å². The van der Waals surface area contributed by atoms with E-state index in [1.54, 1.807) is 0 Å². The molecule has 0 aliphatic rings. The van der Waals surface area contributed by atoms with E-state index in [0.717, 1.165) is 0 Å². The first kappa shape index (κ1) is 8.50. The van der Waals surface area contributed by atoms with Gasteiger partial charge < -0.3 is 11.1 Å². The van der Waals surface area contributed by atoms with Gasteiger partial charge in [-0.05, 0) is 0 Å². The third-order valence-electron chi connectivity index (χ3n) is 0.873. The Balaban J connectivity index is 3.70. The highest BCUT2D eigenvalue weighted by molar-refractivity contribution is 5.73. The van der Waals surface area contributed by atoms with Gasteiger partial charge in [0.2, 0.25) is 5.91 Å². The highest BCUT2D eigenvalue weighted by Gasteiger charge is 1.93. The van der Waals surface area contributed by atoms with Crippen LogP contribution in [0.1, 0.15) is 6.92 Å². The lowest BCUT2D eigenvalue weighted by Crippen LogP contribution is -2.22.